The number of nitrogens with zero attached hydrogens (tertiary/aromatic N) is 2. The molecule has 4 nitrogen and oxygen atoms in total. The van der Waals surface area contributed by atoms with E-state index in [0.29, 0.717) is 11.7 Å². The Kier molecular flexibility index (Phi) is 2.86. The Labute approximate surface area is 93.1 Å². The Morgan fingerprint density at radius 1 is 1.47 bits per heavy atom. The first kappa shape index (κ1) is 10.4. The third kappa shape index (κ3) is 2.26. The number of rotatable bonds is 2. The summed E-state index contributed by atoms with van der Waals surface area (Å²) in [6.45, 7) is 2.14. The van der Waals surface area contributed by atoms with Gasteiger partial charge in [0.05, 0.1) is 0 Å². The maximum Gasteiger partial charge on any atom is 0.228 e. The Hall–Kier alpha value is -1.16. The van der Waals surface area contributed by atoms with Crippen LogP contribution < -0.4 is 5.32 Å². The summed E-state index contributed by atoms with van der Waals surface area (Å²) < 4.78 is 0. The third-order valence-electron chi connectivity index (χ3n) is 2.64. The molecule has 0 atom stereocenters. The fourth-order valence-corrected chi connectivity index (χ4v) is 1.89. The van der Waals surface area contributed by atoms with Crippen molar-refractivity contribution in [1.82, 2.24) is 9.97 Å². The van der Waals surface area contributed by atoms with Crippen molar-refractivity contribution in [3.8, 4) is 0 Å². The smallest absolute Gasteiger partial charge is 0.228 e. The van der Waals surface area contributed by atoms with Gasteiger partial charge in [-0.15, -0.1) is 0 Å². The van der Waals surface area contributed by atoms with Crippen molar-refractivity contribution in [2.75, 3.05) is 5.32 Å². The first-order valence-corrected chi connectivity index (χ1v) is 5.32. The molecule has 15 heavy (non-hydrogen) atoms. The van der Waals surface area contributed by atoms with Crippen LogP contribution in [0.5, 0.6) is 0 Å². The normalized spacial score (nSPS) is 24.4. The van der Waals surface area contributed by atoms with Crippen LogP contribution in [0.25, 0.3) is 0 Å². The van der Waals surface area contributed by atoms with Gasteiger partial charge in [-0.25, -0.2) is 9.97 Å². The summed E-state index contributed by atoms with van der Waals surface area (Å²) in [5.74, 6) is 1.11. The van der Waals surface area contributed by atoms with E-state index in [9.17, 15) is 4.79 Å². The van der Waals surface area contributed by atoms with Gasteiger partial charge in [0.2, 0.25) is 5.91 Å². The zero-order valence-corrected chi connectivity index (χ0v) is 9.16. The van der Waals surface area contributed by atoms with Crippen molar-refractivity contribution < 1.29 is 4.79 Å². The Balaban J connectivity index is 1.97. The highest BCUT2D eigenvalue weighted by molar-refractivity contribution is 6.32. The molecule has 0 aliphatic heterocycles. The second-order valence-corrected chi connectivity index (χ2v) is 4.32. The molecule has 0 bridgehead atoms. The van der Waals surface area contributed by atoms with Crippen LogP contribution >= 0.6 is 11.6 Å². The number of anilines is 1. The molecule has 1 N–H and O–H groups in total. The van der Waals surface area contributed by atoms with Crippen molar-refractivity contribution >= 4 is 23.3 Å². The highest BCUT2D eigenvalue weighted by Crippen LogP contribution is 2.33. The zero-order chi connectivity index (χ0) is 10.8. The molecule has 0 saturated heterocycles. The highest BCUT2D eigenvalue weighted by atomic mass is 35.5. The van der Waals surface area contributed by atoms with Crippen LogP contribution in [-0.4, -0.2) is 15.9 Å². The SMILES string of the molecule is CC1CC(C(=O)Nc2nccnc2Cl)C1. The van der Waals surface area contributed by atoms with Gasteiger partial charge in [-0.1, -0.05) is 18.5 Å². The van der Waals surface area contributed by atoms with Crippen LogP contribution in [0, 0.1) is 11.8 Å². The second-order valence-electron chi connectivity index (χ2n) is 3.96. The van der Waals surface area contributed by atoms with Gasteiger partial charge in [-0.3, -0.25) is 4.79 Å². The van der Waals surface area contributed by atoms with Gasteiger partial charge < -0.3 is 5.32 Å². The van der Waals surface area contributed by atoms with E-state index in [2.05, 4.69) is 22.2 Å². The summed E-state index contributed by atoms with van der Waals surface area (Å²) >= 11 is 5.77. The number of hydrogen-bond acceptors (Lipinski definition) is 3. The molecule has 1 heterocycles. The minimum atomic E-state index is -0.00417. The maximum atomic E-state index is 11.7. The Morgan fingerprint density at radius 3 is 2.73 bits per heavy atom. The monoisotopic (exact) mass is 225 g/mol. The summed E-state index contributed by atoms with van der Waals surface area (Å²) in [6, 6.07) is 0. The van der Waals surface area contributed by atoms with Gasteiger partial charge in [0.15, 0.2) is 11.0 Å². The van der Waals surface area contributed by atoms with Crippen LogP contribution in [0.3, 0.4) is 0 Å². The standard InChI is InChI=1S/C10H12ClN3O/c1-6-4-7(5-6)10(15)14-9-8(11)12-2-3-13-9/h2-3,6-7H,4-5H2,1H3,(H,13,14,15). The van der Waals surface area contributed by atoms with Gasteiger partial charge in [-0.2, -0.15) is 0 Å². The van der Waals surface area contributed by atoms with E-state index in [-0.39, 0.29) is 17.0 Å². The van der Waals surface area contributed by atoms with Crippen molar-refractivity contribution in [1.29, 1.82) is 0 Å². The van der Waals surface area contributed by atoms with E-state index in [0.717, 1.165) is 12.8 Å². The second kappa shape index (κ2) is 4.14. The van der Waals surface area contributed by atoms with Crippen molar-refractivity contribution in [2.24, 2.45) is 11.8 Å². The molecule has 80 valence electrons. The van der Waals surface area contributed by atoms with Gasteiger partial charge in [0.1, 0.15) is 0 Å². The minimum absolute atomic E-state index is 0.00417. The summed E-state index contributed by atoms with van der Waals surface area (Å²) in [5.41, 5.74) is 0. The number of aromatic nitrogens is 2. The largest absolute Gasteiger partial charge is 0.308 e. The van der Waals surface area contributed by atoms with E-state index in [1.54, 1.807) is 0 Å². The molecule has 1 fully saturated rings. The van der Waals surface area contributed by atoms with Crippen molar-refractivity contribution in [3.63, 3.8) is 0 Å². The minimum Gasteiger partial charge on any atom is -0.308 e. The molecule has 1 aliphatic carbocycles. The molecular formula is C10H12ClN3O. The molecule has 0 unspecified atom stereocenters. The first-order chi connectivity index (χ1) is 7.16. The predicted molar refractivity (Wildman–Crippen MR) is 57.6 cm³/mol. The number of amides is 1. The number of hydrogen-bond donors (Lipinski definition) is 1. The van der Waals surface area contributed by atoms with Gasteiger partial charge in [0, 0.05) is 18.3 Å². The third-order valence-corrected chi connectivity index (χ3v) is 2.92. The Bertz CT molecular complexity index is 377. The zero-order valence-electron chi connectivity index (χ0n) is 8.40. The molecule has 2 rings (SSSR count). The summed E-state index contributed by atoms with van der Waals surface area (Å²) in [6.07, 6.45) is 4.89. The summed E-state index contributed by atoms with van der Waals surface area (Å²) in [4.78, 5) is 19.4. The van der Waals surface area contributed by atoms with E-state index in [1.165, 1.54) is 12.4 Å². The van der Waals surface area contributed by atoms with Gasteiger partial charge >= 0.3 is 0 Å². The number of halogens is 1. The van der Waals surface area contributed by atoms with Crippen LogP contribution in [0.4, 0.5) is 5.82 Å². The van der Waals surface area contributed by atoms with E-state index >= 15 is 0 Å². The fourth-order valence-electron chi connectivity index (χ4n) is 1.74. The molecule has 0 radical (unpaired) electrons. The van der Waals surface area contributed by atoms with Crippen LogP contribution in [0.15, 0.2) is 12.4 Å². The van der Waals surface area contributed by atoms with Gasteiger partial charge in [-0.05, 0) is 18.8 Å². The van der Waals surface area contributed by atoms with Crippen molar-refractivity contribution in [3.05, 3.63) is 17.5 Å². The average molecular weight is 226 g/mol. The molecule has 0 spiro atoms. The lowest BCUT2D eigenvalue weighted by Gasteiger charge is -2.31. The fraction of sp³-hybridized carbons (Fsp3) is 0.500. The van der Waals surface area contributed by atoms with Gasteiger partial charge in [0.25, 0.3) is 0 Å². The number of carbonyl (C=O) groups is 1. The number of nitrogens with one attached hydrogen (secondary N) is 1. The van der Waals surface area contributed by atoms with E-state index in [1.807, 2.05) is 0 Å². The highest BCUT2D eigenvalue weighted by Gasteiger charge is 2.31. The number of carbonyl (C=O) groups excluding carboxylic acids is 1. The Morgan fingerprint density at radius 2 is 2.13 bits per heavy atom. The van der Waals surface area contributed by atoms with E-state index < -0.39 is 0 Å². The predicted octanol–water partition coefficient (Wildman–Crippen LogP) is 2.11. The lowest BCUT2D eigenvalue weighted by Crippen LogP contribution is -2.33. The first-order valence-electron chi connectivity index (χ1n) is 4.94. The van der Waals surface area contributed by atoms with Crippen LogP contribution in [-0.2, 0) is 4.79 Å². The van der Waals surface area contributed by atoms with E-state index in [4.69, 9.17) is 11.6 Å². The topological polar surface area (TPSA) is 54.9 Å². The molecule has 1 aliphatic rings. The summed E-state index contributed by atoms with van der Waals surface area (Å²) in [5, 5.41) is 2.92. The molecule has 1 amide bonds. The molecule has 1 saturated carbocycles. The molecule has 5 heteroatoms. The molecule has 1 aromatic rings. The molecular weight excluding hydrogens is 214 g/mol. The van der Waals surface area contributed by atoms with Crippen molar-refractivity contribution in [2.45, 2.75) is 19.8 Å². The average Bonchev–Trinajstić information content (AvgIpc) is 2.17. The van der Waals surface area contributed by atoms with Crippen LogP contribution in [0.1, 0.15) is 19.8 Å². The maximum absolute atomic E-state index is 11.7. The lowest BCUT2D eigenvalue weighted by molar-refractivity contribution is -0.123. The van der Waals surface area contributed by atoms with Crippen LogP contribution in [0.2, 0.25) is 5.15 Å². The molecule has 0 aromatic carbocycles. The lowest BCUT2D eigenvalue weighted by atomic mass is 9.76. The molecule has 1 aromatic heterocycles. The quantitative estimate of drug-likeness (QED) is 0.839. The summed E-state index contributed by atoms with van der Waals surface area (Å²) in [7, 11) is 0.